The van der Waals surface area contributed by atoms with Crippen LogP contribution in [0.15, 0.2) is 59.4 Å². The van der Waals surface area contributed by atoms with Gasteiger partial charge >= 0.3 is 11.9 Å². The smallest absolute Gasteiger partial charge is 0.338 e. The quantitative estimate of drug-likeness (QED) is 0.513. The first-order valence-electron chi connectivity index (χ1n) is 11.3. The van der Waals surface area contributed by atoms with Gasteiger partial charge in [0.2, 0.25) is 0 Å². The number of rotatable bonds is 4. The molecule has 2 heterocycles. The van der Waals surface area contributed by atoms with Crippen LogP contribution in [0.25, 0.3) is 17.0 Å². The van der Waals surface area contributed by atoms with Crippen LogP contribution in [0, 0.1) is 0 Å². The normalized spacial score (nSPS) is 14.7. The van der Waals surface area contributed by atoms with E-state index in [4.69, 9.17) is 14.2 Å². The molecule has 9 heteroatoms. The number of ether oxygens (including phenoxy) is 4. The van der Waals surface area contributed by atoms with Crippen LogP contribution in [0.2, 0.25) is 0 Å². The third-order valence-electron chi connectivity index (χ3n) is 5.86. The van der Waals surface area contributed by atoms with Gasteiger partial charge in [-0.25, -0.2) is 9.59 Å². The van der Waals surface area contributed by atoms with Gasteiger partial charge in [0, 0.05) is 17.9 Å². The number of aromatic nitrogens is 1. The second kappa shape index (κ2) is 11.1. The van der Waals surface area contributed by atoms with Crippen LogP contribution in [0.4, 0.5) is 0 Å². The van der Waals surface area contributed by atoms with E-state index in [2.05, 4.69) is 4.74 Å². The topological polar surface area (TPSA) is 110 Å². The number of nitrogens with zero attached hydrogens (tertiary/aromatic N) is 1. The Kier molecular flexibility index (Phi) is 7.72. The van der Waals surface area contributed by atoms with E-state index in [0.29, 0.717) is 48.2 Å². The van der Waals surface area contributed by atoms with Crippen molar-refractivity contribution >= 4 is 34.7 Å². The fourth-order valence-electron chi connectivity index (χ4n) is 4.14. The highest BCUT2D eigenvalue weighted by Gasteiger charge is 2.20. The largest absolute Gasteiger partial charge is 0.465 e. The van der Waals surface area contributed by atoms with Gasteiger partial charge in [0.05, 0.1) is 50.6 Å². The molecular weight excluding hydrogens is 466 g/mol. The van der Waals surface area contributed by atoms with Crippen LogP contribution in [-0.2, 0) is 36.7 Å². The van der Waals surface area contributed by atoms with E-state index in [0.717, 1.165) is 11.1 Å². The molecule has 0 radical (unpaired) electrons. The molecule has 1 fully saturated rings. The molecule has 1 aliphatic carbocycles. The lowest BCUT2D eigenvalue weighted by molar-refractivity contribution is -0.114. The Morgan fingerprint density at radius 3 is 2.28 bits per heavy atom. The van der Waals surface area contributed by atoms with Gasteiger partial charge < -0.3 is 23.5 Å². The Morgan fingerprint density at radius 2 is 1.56 bits per heavy atom. The summed E-state index contributed by atoms with van der Waals surface area (Å²) in [4.78, 5) is 46.5. The highest BCUT2D eigenvalue weighted by molar-refractivity contribution is 6.04. The third-order valence-corrected chi connectivity index (χ3v) is 5.86. The van der Waals surface area contributed by atoms with Gasteiger partial charge in [-0.3, -0.25) is 9.59 Å². The van der Waals surface area contributed by atoms with Crippen LogP contribution >= 0.6 is 0 Å². The van der Waals surface area contributed by atoms with Gasteiger partial charge in [-0.05, 0) is 41.5 Å². The van der Waals surface area contributed by atoms with Crippen molar-refractivity contribution in [1.29, 1.82) is 0 Å². The zero-order chi connectivity index (χ0) is 25.7. The molecule has 0 amide bonds. The molecule has 0 spiro atoms. The van der Waals surface area contributed by atoms with Gasteiger partial charge in [0.15, 0.2) is 12.1 Å². The van der Waals surface area contributed by atoms with Crippen molar-refractivity contribution in [3.8, 4) is 0 Å². The first-order valence-corrected chi connectivity index (χ1v) is 11.3. The summed E-state index contributed by atoms with van der Waals surface area (Å²) in [5.41, 5.74) is 3.11. The second-order valence-electron chi connectivity index (χ2n) is 8.03. The van der Waals surface area contributed by atoms with Crippen molar-refractivity contribution in [2.75, 3.05) is 27.4 Å². The molecule has 5 rings (SSSR count). The molecule has 1 aromatic heterocycles. The average molecular weight is 491 g/mol. The maximum Gasteiger partial charge on any atom is 0.338 e. The van der Waals surface area contributed by atoms with Crippen LogP contribution < -0.4 is 5.56 Å². The lowest BCUT2D eigenvalue weighted by Gasteiger charge is -2.15. The molecule has 0 unspecified atom stereocenters. The second-order valence-corrected chi connectivity index (χ2v) is 8.03. The number of ketones is 1. The van der Waals surface area contributed by atoms with E-state index in [1.165, 1.54) is 26.4 Å². The minimum atomic E-state index is -0.435. The molecule has 186 valence electrons. The summed E-state index contributed by atoms with van der Waals surface area (Å²) in [5.74, 6) is -0.741. The molecule has 0 atom stereocenters. The number of benzene rings is 2. The Hall–Kier alpha value is -4.08. The molecular formula is C27H25NO8. The number of hydrogen-bond acceptors (Lipinski definition) is 8. The molecule has 1 saturated heterocycles. The third kappa shape index (κ3) is 5.27. The molecule has 2 aromatic carbocycles. The summed E-state index contributed by atoms with van der Waals surface area (Å²) >= 11 is 0. The van der Waals surface area contributed by atoms with E-state index < -0.39 is 12.3 Å². The van der Waals surface area contributed by atoms with Crippen molar-refractivity contribution in [3.05, 3.63) is 87.2 Å². The standard InChI is InChI=1S/C15H15NO5.C12H10O3/c1-19-15(18)11-3-2-4-12-10(11)5-6-13(17)16(12)9-14-20-7-8-21-14;1-15-12(14)11-4-2-3-8-7-9(13)5-6-10(8)11/h2-6,14H,7-9H2,1H3;2-6H,7H2,1H3. The molecule has 3 aromatic rings. The fourth-order valence-corrected chi connectivity index (χ4v) is 4.14. The average Bonchev–Trinajstić information content (AvgIpc) is 3.42. The molecule has 0 saturated carbocycles. The number of pyridine rings is 1. The van der Waals surface area contributed by atoms with E-state index >= 15 is 0 Å². The van der Waals surface area contributed by atoms with Gasteiger partial charge in [-0.15, -0.1) is 0 Å². The maximum absolute atomic E-state index is 12.1. The highest BCUT2D eigenvalue weighted by atomic mass is 16.7. The monoisotopic (exact) mass is 491 g/mol. The molecule has 36 heavy (non-hydrogen) atoms. The fraction of sp³-hybridized carbons (Fsp3) is 0.259. The zero-order valence-corrected chi connectivity index (χ0v) is 19.9. The van der Waals surface area contributed by atoms with Gasteiger partial charge in [-0.1, -0.05) is 24.3 Å². The van der Waals surface area contributed by atoms with Crippen LogP contribution in [0.3, 0.4) is 0 Å². The summed E-state index contributed by atoms with van der Waals surface area (Å²) in [6.45, 7) is 1.34. The molecule has 0 N–H and O–H groups in total. The molecule has 9 nitrogen and oxygen atoms in total. The van der Waals surface area contributed by atoms with Crippen molar-refractivity contribution in [3.63, 3.8) is 0 Å². The van der Waals surface area contributed by atoms with E-state index in [9.17, 15) is 19.2 Å². The number of carbonyl (C=O) groups excluding carboxylic acids is 3. The van der Waals surface area contributed by atoms with Crippen LogP contribution in [-0.4, -0.2) is 56.0 Å². The number of hydrogen-bond donors (Lipinski definition) is 0. The number of allylic oxidation sites excluding steroid dienone is 1. The van der Waals surface area contributed by atoms with Crippen LogP contribution in [0.1, 0.15) is 31.8 Å². The minimum absolute atomic E-state index is 0.0597. The van der Waals surface area contributed by atoms with Gasteiger partial charge in [-0.2, -0.15) is 0 Å². The van der Waals surface area contributed by atoms with Crippen molar-refractivity contribution in [2.24, 2.45) is 0 Å². The molecule has 1 aliphatic heterocycles. The lowest BCUT2D eigenvalue weighted by atomic mass is 9.93. The number of esters is 2. The summed E-state index contributed by atoms with van der Waals surface area (Å²) in [6.07, 6.45) is 3.09. The first kappa shape index (κ1) is 25.0. The summed E-state index contributed by atoms with van der Waals surface area (Å²) in [7, 11) is 2.68. The number of fused-ring (bicyclic) bond motifs is 2. The van der Waals surface area contributed by atoms with E-state index in [1.807, 2.05) is 6.07 Å². The van der Waals surface area contributed by atoms with Gasteiger partial charge in [0.25, 0.3) is 5.56 Å². The predicted octanol–water partition coefficient (Wildman–Crippen LogP) is 2.77. The molecule has 2 aliphatic rings. The summed E-state index contributed by atoms with van der Waals surface area (Å²) < 4.78 is 21.8. The Morgan fingerprint density at radius 1 is 0.889 bits per heavy atom. The Balaban J connectivity index is 0.000000179. The maximum atomic E-state index is 12.1. The zero-order valence-electron chi connectivity index (χ0n) is 19.9. The molecule has 0 bridgehead atoms. The Bertz CT molecular complexity index is 1400. The summed E-state index contributed by atoms with van der Waals surface area (Å²) in [5, 5.41) is 0.668. The summed E-state index contributed by atoms with van der Waals surface area (Å²) in [6, 6.07) is 13.6. The van der Waals surface area contributed by atoms with Crippen molar-refractivity contribution < 1.29 is 33.3 Å². The minimum Gasteiger partial charge on any atom is -0.465 e. The Labute approximate surface area is 206 Å². The van der Waals surface area contributed by atoms with Crippen molar-refractivity contribution in [1.82, 2.24) is 4.57 Å². The number of methoxy groups -OCH3 is 2. The lowest BCUT2D eigenvalue weighted by Crippen LogP contribution is -2.27. The van der Waals surface area contributed by atoms with Gasteiger partial charge in [0.1, 0.15) is 0 Å². The number of carbonyl (C=O) groups is 3. The highest BCUT2D eigenvalue weighted by Crippen LogP contribution is 2.22. The first-order chi connectivity index (χ1) is 17.4. The van der Waals surface area contributed by atoms with E-state index in [-0.39, 0.29) is 17.3 Å². The van der Waals surface area contributed by atoms with Crippen molar-refractivity contribution in [2.45, 2.75) is 19.3 Å². The predicted molar refractivity (Wildman–Crippen MR) is 131 cm³/mol. The SMILES string of the molecule is COC(=O)c1cccc2c1C=CC(=O)C2.COC(=O)c1cccc2c1ccc(=O)n2CC1OCCO1. The van der Waals surface area contributed by atoms with E-state index in [1.54, 1.807) is 47.0 Å². The van der Waals surface area contributed by atoms with Crippen LogP contribution in [0.5, 0.6) is 0 Å².